The van der Waals surface area contributed by atoms with E-state index in [-0.39, 0.29) is 5.82 Å². The molecule has 3 heterocycles. The van der Waals surface area contributed by atoms with Crippen molar-refractivity contribution in [3.8, 4) is 11.6 Å². The number of piperazine rings is 1. The lowest BCUT2D eigenvalue weighted by Crippen LogP contribution is -2.46. The molecule has 4 rings (SSSR count). The Labute approximate surface area is 185 Å². The second kappa shape index (κ2) is 9.59. The number of halogens is 2. The van der Waals surface area contributed by atoms with Crippen molar-refractivity contribution in [3.63, 3.8) is 0 Å². The maximum atomic E-state index is 13.3. The number of hydrogen-bond acceptors (Lipinski definition) is 7. The number of anilines is 1. The van der Waals surface area contributed by atoms with Crippen molar-refractivity contribution in [1.29, 1.82) is 0 Å². The number of ether oxygens (including phenoxy) is 2. The molecule has 0 amide bonds. The van der Waals surface area contributed by atoms with Crippen molar-refractivity contribution in [1.82, 2.24) is 24.6 Å². The molecular formula is C21H24ClFN6O2. The lowest BCUT2D eigenvalue weighted by atomic mass is 10.2. The Kier molecular flexibility index (Phi) is 6.64. The van der Waals surface area contributed by atoms with Crippen LogP contribution in [0.4, 0.5) is 10.3 Å². The van der Waals surface area contributed by atoms with Gasteiger partial charge in [0.1, 0.15) is 12.4 Å². The third kappa shape index (κ3) is 4.79. The number of rotatable bonds is 7. The summed E-state index contributed by atoms with van der Waals surface area (Å²) in [6.45, 7) is 4.20. The molecule has 0 bridgehead atoms. The standard InChI is InChI=1S/C21H24ClFN6O2/c1-30-14-19-25-26-21(29(19)17-5-6-20(31-2)24-12-17)28-9-7-27(8-10-28)13-15-3-4-16(23)11-18(15)22/h3-6,11-12H,7-10,13-14H2,1-2H3. The quantitative estimate of drug-likeness (QED) is 0.552. The van der Waals surface area contributed by atoms with Gasteiger partial charge in [-0.25, -0.2) is 9.37 Å². The molecule has 1 aliphatic heterocycles. The number of pyridine rings is 1. The van der Waals surface area contributed by atoms with E-state index in [0.717, 1.165) is 43.4 Å². The first-order valence-electron chi connectivity index (χ1n) is 9.94. The third-order valence-electron chi connectivity index (χ3n) is 5.24. The van der Waals surface area contributed by atoms with E-state index in [0.29, 0.717) is 29.9 Å². The normalized spacial score (nSPS) is 14.8. The summed E-state index contributed by atoms with van der Waals surface area (Å²) in [6.07, 6.45) is 1.73. The number of methoxy groups -OCH3 is 2. The number of benzene rings is 1. The van der Waals surface area contributed by atoms with Gasteiger partial charge < -0.3 is 14.4 Å². The zero-order valence-corrected chi connectivity index (χ0v) is 18.2. The van der Waals surface area contributed by atoms with Crippen molar-refractivity contribution in [2.75, 3.05) is 45.3 Å². The first-order chi connectivity index (χ1) is 15.1. The van der Waals surface area contributed by atoms with E-state index in [1.165, 1.54) is 12.1 Å². The minimum atomic E-state index is -0.321. The first kappa shape index (κ1) is 21.5. The molecule has 0 atom stereocenters. The molecule has 10 heteroatoms. The predicted molar refractivity (Wildman–Crippen MR) is 115 cm³/mol. The first-order valence-corrected chi connectivity index (χ1v) is 10.3. The average molecular weight is 447 g/mol. The molecule has 31 heavy (non-hydrogen) atoms. The molecule has 1 saturated heterocycles. The van der Waals surface area contributed by atoms with Gasteiger partial charge in [-0.2, -0.15) is 0 Å². The van der Waals surface area contributed by atoms with E-state index in [2.05, 4.69) is 25.0 Å². The molecule has 0 saturated carbocycles. The molecule has 0 aliphatic carbocycles. The summed E-state index contributed by atoms with van der Waals surface area (Å²) in [5, 5.41) is 9.21. The summed E-state index contributed by atoms with van der Waals surface area (Å²) >= 11 is 6.19. The molecule has 1 fully saturated rings. The van der Waals surface area contributed by atoms with Gasteiger partial charge in [0.2, 0.25) is 11.8 Å². The van der Waals surface area contributed by atoms with E-state index < -0.39 is 0 Å². The number of hydrogen-bond donors (Lipinski definition) is 0. The number of nitrogens with zero attached hydrogens (tertiary/aromatic N) is 6. The van der Waals surface area contributed by atoms with Gasteiger partial charge in [0.25, 0.3) is 0 Å². The highest BCUT2D eigenvalue weighted by Crippen LogP contribution is 2.24. The molecule has 0 radical (unpaired) electrons. The SMILES string of the molecule is COCc1nnc(N2CCN(Cc3ccc(F)cc3Cl)CC2)n1-c1ccc(OC)nc1. The van der Waals surface area contributed by atoms with Crippen LogP contribution in [0.1, 0.15) is 11.4 Å². The maximum absolute atomic E-state index is 13.3. The zero-order chi connectivity index (χ0) is 21.8. The van der Waals surface area contributed by atoms with Gasteiger partial charge >= 0.3 is 0 Å². The van der Waals surface area contributed by atoms with E-state index >= 15 is 0 Å². The average Bonchev–Trinajstić information content (AvgIpc) is 3.20. The fraction of sp³-hybridized carbons (Fsp3) is 0.381. The van der Waals surface area contributed by atoms with Crippen LogP contribution in [0.3, 0.4) is 0 Å². The van der Waals surface area contributed by atoms with Crippen LogP contribution >= 0.6 is 11.6 Å². The molecule has 0 unspecified atom stereocenters. The third-order valence-corrected chi connectivity index (χ3v) is 5.59. The molecular weight excluding hydrogens is 423 g/mol. The maximum Gasteiger partial charge on any atom is 0.232 e. The fourth-order valence-corrected chi connectivity index (χ4v) is 3.85. The molecule has 0 spiro atoms. The van der Waals surface area contributed by atoms with Gasteiger partial charge in [-0.1, -0.05) is 17.7 Å². The Morgan fingerprint density at radius 1 is 1.06 bits per heavy atom. The second-order valence-corrected chi connectivity index (χ2v) is 7.65. The fourth-order valence-electron chi connectivity index (χ4n) is 3.62. The van der Waals surface area contributed by atoms with Crippen LogP contribution in [-0.4, -0.2) is 65.0 Å². The van der Waals surface area contributed by atoms with Crippen LogP contribution in [0.25, 0.3) is 5.69 Å². The molecule has 1 aromatic carbocycles. The summed E-state index contributed by atoms with van der Waals surface area (Å²) in [5.41, 5.74) is 1.76. The van der Waals surface area contributed by atoms with Crippen molar-refractivity contribution >= 4 is 17.5 Å². The van der Waals surface area contributed by atoms with Gasteiger partial charge in [-0.3, -0.25) is 9.47 Å². The van der Waals surface area contributed by atoms with E-state index in [9.17, 15) is 4.39 Å². The highest BCUT2D eigenvalue weighted by atomic mass is 35.5. The Bertz CT molecular complexity index is 1020. The Morgan fingerprint density at radius 2 is 1.87 bits per heavy atom. The lowest BCUT2D eigenvalue weighted by Gasteiger charge is -2.35. The summed E-state index contributed by atoms with van der Waals surface area (Å²) in [5.74, 6) is 1.67. The van der Waals surface area contributed by atoms with E-state index in [1.54, 1.807) is 32.5 Å². The van der Waals surface area contributed by atoms with Crippen LogP contribution in [0.15, 0.2) is 36.5 Å². The van der Waals surface area contributed by atoms with Crippen molar-refractivity contribution in [3.05, 3.63) is 58.8 Å². The summed E-state index contributed by atoms with van der Waals surface area (Å²) in [4.78, 5) is 8.80. The van der Waals surface area contributed by atoms with E-state index in [4.69, 9.17) is 21.1 Å². The van der Waals surface area contributed by atoms with E-state index in [1.807, 2.05) is 10.6 Å². The minimum Gasteiger partial charge on any atom is -0.481 e. The molecule has 164 valence electrons. The highest BCUT2D eigenvalue weighted by Gasteiger charge is 2.24. The smallest absolute Gasteiger partial charge is 0.232 e. The van der Waals surface area contributed by atoms with Gasteiger partial charge in [0.05, 0.1) is 19.0 Å². The predicted octanol–water partition coefficient (Wildman–Crippen LogP) is 2.93. The van der Waals surface area contributed by atoms with Crippen LogP contribution in [0, 0.1) is 5.82 Å². The lowest BCUT2D eigenvalue weighted by molar-refractivity contribution is 0.176. The van der Waals surface area contributed by atoms with Crippen LogP contribution in [0.5, 0.6) is 5.88 Å². The van der Waals surface area contributed by atoms with Crippen LogP contribution in [-0.2, 0) is 17.9 Å². The number of aromatic nitrogens is 4. The molecule has 1 aliphatic rings. The highest BCUT2D eigenvalue weighted by molar-refractivity contribution is 6.31. The molecule has 8 nitrogen and oxygen atoms in total. The topological polar surface area (TPSA) is 68.5 Å². The molecule has 0 N–H and O–H groups in total. The van der Waals surface area contributed by atoms with Crippen LogP contribution < -0.4 is 9.64 Å². The van der Waals surface area contributed by atoms with Crippen LogP contribution in [0.2, 0.25) is 5.02 Å². The van der Waals surface area contributed by atoms with Gasteiger partial charge in [-0.05, 0) is 23.8 Å². The Morgan fingerprint density at radius 3 is 2.52 bits per heavy atom. The Hall–Kier alpha value is -2.75. The van der Waals surface area contributed by atoms with Gasteiger partial charge in [-0.15, -0.1) is 10.2 Å². The van der Waals surface area contributed by atoms with Crippen molar-refractivity contribution in [2.45, 2.75) is 13.2 Å². The summed E-state index contributed by atoms with van der Waals surface area (Å²) in [7, 11) is 3.21. The largest absolute Gasteiger partial charge is 0.481 e. The summed E-state index contributed by atoms with van der Waals surface area (Å²) in [6, 6.07) is 8.27. The molecule has 3 aromatic rings. The summed E-state index contributed by atoms with van der Waals surface area (Å²) < 4.78 is 25.7. The Balaban J connectivity index is 1.50. The van der Waals surface area contributed by atoms with Gasteiger partial charge in [0, 0.05) is 50.9 Å². The zero-order valence-electron chi connectivity index (χ0n) is 17.5. The minimum absolute atomic E-state index is 0.321. The van der Waals surface area contributed by atoms with Crippen molar-refractivity contribution in [2.24, 2.45) is 0 Å². The second-order valence-electron chi connectivity index (χ2n) is 7.24. The molecule has 2 aromatic heterocycles. The van der Waals surface area contributed by atoms with Gasteiger partial charge in [0.15, 0.2) is 5.82 Å². The monoisotopic (exact) mass is 446 g/mol. The van der Waals surface area contributed by atoms with Crippen molar-refractivity contribution < 1.29 is 13.9 Å².